The van der Waals surface area contributed by atoms with Crippen LogP contribution in [0.1, 0.15) is 56.5 Å². The number of hydrogen-bond acceptors (Lipinski definition) is 3. The number of fused-ring (bicyclic) bond motifs is 1. The first-order valence-electron chi connectivity index (χ1n) is 9.47. The molecule has 0 amide bonds. The fourth-order valence-corrected chi connectivity index (χ4v) is 5.14. The van der Waals surface area contributed by atoms with Crippen LogP contribution in [-0.2, 0) is 9.47 Å². The van der Waals surface area contributed by atoms with E-state index in [1.165, 1.54) is 16.8 Å². The molecule has 4 nitrogen and oxygen atoms in total. The van der Waals surface area contributed by atoms with Crippen LogP contribution in [0.15, 0.2) is 42.6 Å². The van der Waals surface area contributed by atoms with Crippen LogP contribution >= 0.6 is 0 Å². The monoisotopic (exact) mass is 354 g/mol. The first-order chi connectivity index (χ1) is 12.5. The Morgan fingerprint density at radius 1 is 1.00 bits per heavy atom. The van der Waals surface area contributed by atoms with Gasteiger partial charge in [0.1, 0.15) is 11.7 Å². The van der Waals surface area contributed by atoms with Gasteiger partial charge < -0.3 is 14.2 Å². The van der Waals surface area contributed by atoms with Gasteiger partial charge in [0.05, 0.1) is 12.5 Å². The van der Waals surface area contributed by atoms with Gasteiger partial charge in [-0.2, -0.15) is 4.57 Å². The number of pyridine rings is 1. The van der Waals surface area contributed by atoms with Crippen LogP contribution in [-0.4, -0.2) is 26.1 Å². The summed E-state index contributed by atoms with van der Waals surface area (Å²) in [7, 11) is 1.72. The van der Waals surface area contributed by atoms with Crippen molar-refractivity contribution in [3.8, 4) is 5.75 Å². The smallest absolute Gasteiger partial charge is 0.196 e. The van der Waals surface area contributed by atoms with Crippen molar-refractivity contribution < 1.29 is 18.8 Å². The summed E-state index contributed by atoms with van der Waals surface area (Å²) in [6.45, 7) is 9.85. The average Bonchev–Trinajstić information content (AvgIpc) is 2.64. The number of methoxy groups -OCH3 is 1. The quantitative estimate of drug-likeness (QED) is 0.604. The molecule has 1 aromatic heterocycles. The van der Waals surface area contributed by atoms with Gasteiger partial charge in [0.2, 0.25) is 0 Å². The summed E-state index contributed by atoms with van der Waals surface area (Å²) in [6.07, 6.45) is 2.18. The molecule has 26 heavy (non-hydrogen) atoms. The van der Waals surface area contributed by atoms with E-state index in [1.807, 2.05) is 13.8 Å². The number of nitrogens with zero attached hydrogens (tertiary/aromatic N) is 1. The largest absolute Gasteiger partial charge is 0.497 e. The zero-order valence-corrected chi connectivity index (χ0v) is 16.3. The van der Waals surface area contributed by atoms with E-state index in [9.17, 15) is 0 Å². The van der Waals surface area contributed by atoms with Gasteiger partial charge in [0.15, 0.2) is 23.7 Å². The number of hydrogen-bond donors (Lipinski definition) is 0. The van der Waals surface area contributed by atoms with Crippen molar-refractivity contribution in [2.75, 3.05) is 20.3 Å². The molecule has 0 fully saturated rings. The van der Waals surface area contributed by atoms with Gasteiger partial charge in [-0.25, -0.2) is 0 Å². The van der Waals surface area contributed by atoms with E-state index in [0.717, 1.165) is 5.75 Å². The van der Waals surface area contributed by atoms with Crippen molar-refractivity contribution in [2.24, 2.45) is 5.41 Å². The fourth-order valence-electron chi connectivity index (χ4n) is 5.14. The first kappa shape index (κ1) is 17.5. The highest BCUT2D eigenvalue weighted by Gasteiger charge is 2.70. The highest BCUT2D eigenvalue weighted by atomic mass is 16.7. The maximum Gasteiger partial charge on any atom is 0.196 e. The third-order valence-corrected chi connectivity index (χ3v) is 6.08. The lowest BCUT2D eigenvalue weighted by Gasteiger charge is -2.57. The molecule has 0 spiro atoms. The molecule has 138 valence electrons. The van der Waals surface area contributed by atoms with Crippen molar-refractivity contribution in [3.63, 3.8) is 0 Å². The van der Waals surface area contributed by atoms with E-state index >= 15 is 0 Å². The van der Waals surface area contributed by atoms with Gasteiger partial charge in [-0.3, -0.25) is 0 Å². The Labute approximate surface area is 155 Å². The molecule has 0 saturated carbocycles. The van der Waals surface area contributed by atoms with Crippen LogP contribution in [0.4, 0.5) is 0 Å². The van der Waals surface area contributed by atoms with Gasteiger partial charge >= 0.3 is 0 Å². The molecule has 0 N–H and O–H groups in total. The van der Waals surface area contributed by atoms with Crippen LogP contribution in [0.5, 0.6) is 5.75 Å². The van der Waals surface area contributed by atoms with Gasteiger partial charge in [-0.05, 0) is 51.5 Å². The Bertz CT molecular complexity index is 824. The maximum atomic E-state index is 6.47. The number of ether oxygens (including phenoxy) is 3. The molecule has 2 aromatic rings. The number of aromatic nitrogens is 1. The average molecular weight is 354 g/mol. The van der Waals surface area contributed by atoms with Gasteiger partial charge in [-0.15, -0.1) is 0 Å². The molecule has 1 aliphatic carbocycles. The summed E-state index contributed by atoms with van der Waals surface area (Å²) in [5, 5.41) is 0. The summed E-state index contributed by atoms with van der Waals surface area (Å²) in [5.74, 6) is 0.161. The standard InChI is InChI=1S/C22H28NO3/c1-6-25-22(26-7-2)19-17-14-15(24-5)11-12-16(17)20(21(22,3)4)23-13-9-8-10-18(19)23/h8-14,19-20H,6-7H2,1-5H3/q+1/t19-,20+/m1/s1. The zero-order chi connectivity index (χ0) is 18.5. The summed E-state index contributed by atoms with van der Waals surface area (Å²) < 4.78 is 20.9. The van der Waals surface area contributed by atoms with Crippen molar-refractivity contribution in [3.05, 3.63) is 59.4 Å². The third kappa shape index (κ3) is 2.06. The van der Waals surface area contributed by atoms with E-state index in [4.69, 9.17) is 14.2 Å². The molecule has 0 saturated heterocycles. The summed E-state index contributed by atoms with van der Waals surface area (Å²) in [5.41, 5.74) is 3.59. The normalized spacial score (nSPS) is 24.0. The lowest BCUT2D eigenvalue weighted by atomic mass is 9.57. The van der Waals surface area contributed by atoms with E-state index in [0.29, 0.717) is 13.2 Å². The number of benzene rings is 1. The van der Waals surface area contributed by atoms with Gasteiger partial charge in [0.25, 0.3) is 0 Å². The van der Waals surface area contributed by atoms with Crippen molar-refractivity contribution in [1.29, 1.82) is 0 Å². The van der Waals surface area contributed by atoms with E-state index in [1.54, 1.807) is 7.11 Å². The molecule has 1 aromatic carbocycles. The van der Waals surface area contributed by atoms with Crippen LogP contribution in [0.2, 0.25) is 0 Å². The molecule has 0 radical (unpaired) electrons. The Balaban J connectivity index is 2.06. The molecular formula is C22H28NO3+. The molecule has 2 atom stereocenters. The second kappa shape index (κ2) is 6.07. The minimum Gasteiger partial charge on any atom is -0.497 e. The van der Waals surface area contributed by atoms with Crippen LogP contribution in [0.25, 0.3) is 0 Å². The van der Waals surface area contributed by atoms with Gasteiger partial charge in [0, 0.05) is 30.9 Å². The van der Waals surface area contributed by atoms with E-state index in [2.05, 4.69) is 61.0 Å². The predicted molar refractivity (Wildman–Crippen MR) is 99.4 cm³/mol. The lowest BCUT2D eigenvalue weighted by Crippen LogP contribution is -2.71. The van der Waals surface area contributed by atoms with E-state index in [-0.39, 0.29) is 17.4 Å². The minimum absolute atomic E-state index is 0.00583. The lowest BCUT2D eigenvalue weighted by molar-refractivity contribution is -0.755. The van der Waals surface area contributed by atoms with Crippen LogP contribution < -0.4 is 9.30 Å². The zero-order valence-electron chi connectivity index (χ0n) is 16.3. The molecule has 3 aliphatic rings. The summed E-state index contributed by atoms with van der Waals surface area (Å²) in [4.78, 5) is 0. The number of rotatable bonds is 5. The SMILES string of the molecule is CCOC1(OCC)[C@@H]2c3cc(OC)ccc3[C@H]([n+]3ccccc32)C1(C)C. The highest BCUT2D eigenvalue weighted by molar-refractivity contribution is 5.49. The van der Waals surface area contributed by atoms with E-state index < -0.39 is 5.79 Å². The summed E-state index contributed by atoms with van der Waals surface area (Å²) >= 11 is 0. The van der Waals surface area contributed by atoms with Crippen LogP contribution in [0.3, 0.4) is 0 Å². The minimum atomic E-state index is -0.706. The topological polar surface area (TPSA) is 31.6 Å². The highest BCUT2D eigenvalue weighted by Crippen LogP contribution is 2.62. The molecular weight excluding hydrogens is 326 g/mol. The fraction of sp³-hybridized carbons (Fsp3) is 0.500. The third-order valence-electron chi connectivity index (χ3n) is 6.08. The Morgan fingerprint density at radius 2 is 1.73 bits per heavy atom. The molecule has 3 heterocycles. The Kier molecular flexibility index (Phi) is 4.08. The first-order valence-corrected chi connectivity index (χ1v) is 9.47. The van der Waals surface area contributed by atoms with Crippen molar-refractivity contribution in [1.82, 2.24) is 0 Å². The Hall–Kier alpha value is -1.91. The van der Waals surface area contributed by atoms with Crippen LogP contribution in [0, 0.1) is 5.41 Å². The molecule has 0 unspecified atom stereocenters. The second-order valence-electron chi connectivity index (χ2n) is 7.62. The molecule has 4 heteroatoms. The second-order valence-corrected chi connectivity index (χ2v) is 7.62. The van der Waals surface area contributed by atoms with Crippen molar-refractivity contribution >= 4 is 0 Å². The predicted octanol–water partition coefficient (Wildman–Crippen LogP) is 3.83. The van der Waals surface area contributed by atoms with Gasteiger partial charge in [-0.1, -0.05) is 6.07 Å². The summed E-state index contributed by atoms with van der Waals surface area (Å²) in [6, 6.07) is 13.0. The van der Waals surface area contributed by atoms with Crippen molar-refractivity contribution in [2.45, 2.75) is 45.4 Å². The maximum absolute atomic E-state index is 6.47. The Morgan fingerprint density at radius 3 is 2.38 bits per heavy atom. The molecule has 2 aliphatic heterocycles. The molecule has 5 rings (SSSR count). The molecule has 2 bridgehead atoms.